The number of aliphatic hydroxyl groups excluding tert-OH is 1. The molecule has 1 fully saturated rings. The maximum absolute atomic E-state index is 13.2. The molecule has 0 aliphatic carbocycles. The number of hydrogen-bond acceptors (Lipinski definition) is 4. The monoisotopic (exact) mass is 461 g/mol. The number of benzene rings is 3. The summed E-state index contributed by atoms with van der Waals surface area (Å²) in [5.41, 5.74) is 1.97. The van der Waals surface area contributed by atoms with Crippen molar-refractivity contribution in [2.45, 2.75) is 25.9 Å². The van der Waals surface area contributed by atoms with Gasteiger partial charge in [0.2, 0.25) is 0 Å². The molecule has 0 bridgehead atoms. The molecule has 4 rings (SSSR count). The number of rotatable bonds is 7. The molecule has 0 radical (unpaired) electrons. The predicted octanol–water partition coefficient (Wildman–Crippen LogP) is 5.75. The highest BCUT2D eigenvalue weighted by atomic mass is 35.5. The molecule has 0 spiro atoms. The number of halogens is 1. The molecule has 33 heavy (non-hydrogen) atoms. The molecule has 3 aromatic rings. The maximum Gasteiger partial charge on any atom is 0.295 e. The minimum Gasteiger partial charge on any atom is -0.507 e. The highest BCUT2D eigenvalue weighted by Gasteiger charge is 2.46. The molecule has 1 amide bonds. The first-order chi connectivity index (χ1) is 16.0. The Morgan fingerprint density at radius 3 is 2.48 bits per heavy atom. The molecule has 168 valence electrons. The van der Waals surface area contributed by atoms with Crippen LogP contribution >= 0.6 is 11.6 Å². The first-order valence-electron chi connectivity index (χ1n) is 10.8. The van der Waals surface area contributed by atoms with Crippen molar-refractivity contribution in [1.29, 1.82) is 0 Å². The average Bonchev–Trinajstić information content (AvgIpc) is 3.08. The Labute approximate surface area is 197 Å². The molecule has 3 aromatic carbocycles. The Kier molecular flexibility index (Phi) is 6.80. The summed E-state index contributed by atoms with van der Waals surface area (Å²) < 4.78 is 5.67. The highest BCUT2D eigenvalue weighted by molar-refractivity contribution is 6.46. The third-order valence-electron chi connectivity index (χ3n) is 5.48. The minimum atomic E-state index is -0.774. The second-order valence-corrected chi connectivity index (χ2v) is 8.28. The van der Waals surface area contributed by atoms with Crippen LogP contribution < -0.4 is 4.74 Å². The van der Waals surface area contributed by atoms with Gasteiger partial charge < -0.3 is 14.7 Å². The van der Waals surface area contributed by atoms with Gasteiger partial charge in [-0.05, 0) is 41.8 Å². The van der Waals surface area contributed by atoms with Gasteiger partial charge >= 0.3 is 0 Å². The Balaban J connectivity index is 1.83. The van der Waals surface area contributed by atoms with Crippen LogP contribution in [0, 0.1) is 0 Å². The summed E-state index contributed by atoms with van der Waals surface area (Å²) in [6, 6.07) is 22.5. The molecule has 0 aromatic heterocycles. The van der Waals surface area contributed by atoms with Crippen LogP contribution in [0.2, 0.25) is 5.02 Å². The molecule has 5 nitrogen and oxygen atoms in total. The standard InChI is InChI=1S/C27H24ClNO4/c1-2-14-33-22-13-7-11-20(16-22)25(30)23-24(19-10-6-12-21(28)15-19)29(27(32)26(23)31)17-18-8-4-3-5-9-18/h3-13,15-16,24,30H,2,14,17H2,1H3/b25-23+. The van der Waals surface area contributed by atoms with Gasteiger partial charge in [-0.25, -0.2) is 0 Å². The van der Waals surface area contributed by atoms with E-state index in [0.717, 1.165) is 12.0 Å². The highest BCUT2D eigenvalue weighted by Crippen LogP contribution is 2.41. The van der Waals surface area contributed by atoms with Gasteiger partial charge in [0.05, 0.1) is 18.2 Å². The van der Waals surface area contributed by atoms with E-state index in [1.165, 1.54) is 4.90 Å². The van der Waals surface area contributed by atoms with Gasteiger partial charge in [-0.1, -0.05) is 73.1 Å². The number of Topliss-reactive ketones (excluding diaryl/α,β-unsaturated/α-hetero) is 1. The summed E-state index contributed by atoms with van der Waals surface area (Å²) in [6.45, 7) is 2.76. The zero-order valence-corrected chi connectivity index (χ0v) is 19.0. The van der Waals surface area contributed by atoms with Gasteiger partial charge in [0, 0.05) is 17.1 Å². The SMILES string of the molecule is CCCOc1cccc(/C(O)=C2\C(=O)C(=O)N(Cc3ccccc3)C2c2cccc(Cl)c2)c1. The van der Waals surface area contributed by atoms with Crippen LogP contribution in [0.1, 0.15) is 36.1 Å². The van der Waals surface area contributed by atoms with E-state index in [1.807, 2.05) is 37.3 Å². The van der Waals surface area contributed by atoms with Crippen molar-refractivity contribution >= 4 is 29.1 Å². The molecule has 1 aliphatic heterocycles. The molecule has 1 heterocycles. The van der Waals surface area contributed by atoms with E-state index >= 15 is 0 Å². The van der Waals surface area contributed by atoms with E-state index < -0.39 is 17.7 Å². The predicted molar refractivity (Wildman–Crippen MR) is 128 cm³/mol. The number of ketones is 1. The molecule has 1 N–H and O–H groups in total. The van der Waals surface area contributed by atoms with E-state index in [2.05, 4.69) is 0 Å². The molecule has 1 saturated heterocycles. The van der Waals surface area contributed by atoms with E-state index in [-0.39, 0.29) is 17.9 Å². The summed E-state index contributed by atoms with van der Waals surface area (Å²) >= 11 is 6.23. The fourth-order valence-electron chi connectivity index (χ4n) is 3.96. The van der Waals surface area contributed by atoms with Gasteiger partial charge in [0.25, 0.3) is 11.7 Å². The minimum absolute atomic E-state index is 0.0332. The number of carbonyl (C=O) groups excluding carboxylic acids is 2. The molecular weight excluding hydrogens is 438 g/mol. The number of likely N-dealkylation sites (tertiary alicyclic amines) is 1. The number of hydrogen-bond donors (Lipinski definition) is 1. The van der Waals surface area contributed by atoms with Crippen LogP contribution in [0.5, 0.6) is 5.75 Å². The van der Waals surface area contributed by atoms with E-state index in [1.54, 1.807) is 48.5 Å². The summed E-state index contributed by atoms with van der Waals surface area (Å²) in [7, 11) is 0. The fourth-order valence-corrected chi connectivity index (χ4v) is 4.15. The number of amides is 1. The average molecular weight is 462 g/mol. The van der Waals surface area contributed by atoms with Crippen LogP contribution in [-0.2, 0) is 16.1 Å². The lowest BCUT2D eigenvalue weighted by molar-refractivity contribution is -0.140. The lowest BCUT2D eigenvalue weighted by atomic mass is 9.95. The van der Waals surface area contributed by atoms with Crippen LogP contribution in [-0.4, -0.2) is 28.3 Å². The molecular formula is C27H24ClNO4. The first-order valence-corrected chi connectivity index (χ1v) is 11.2. The van der Waals surface area contributed by atoms with E-state index in [9.17, 15) is 14.7 Å². The quantitative estimate of drug-likeness (QED) is 0.276. The molecule has 0 saturated carbocycles. The van der Waals surface area contributed by atoms with Gasteiger partial charge in [-0.3, -0.25) is 9.59 Å². The largest absolute Gasteiger partial charge is 0.507 e. The van der Waals surface area contributed by atoms with Crippen molar-refractivity contribution in [3.05, 3.63) is 106 Å². The van der Waals surface area contributed by atoms with E-state index in [4.69, 9.17) is 16.3 Å². The Hall–Kier alpha value is -3.57. The van der Waals surface area contributed by atoms with Crippen molar-refractivity contribution in [3.8, 4) is 5.75 Å². The number of carbonyl (C=O) groups is 2. The number of aliphatic hydroxyl groups is 1. The van der Waals surface area contributed by atoms with Gasteiger partial charge in [-0.2, -0.15) is 0 Å². The Morgan fingerprint density at radius 2 is 1.76 bits per heavy atom. The summed E-state index contributed by atoms with van der Waals surface area (Å²) in [4.78, 5) is 27.8. The van der Waals surface area contributed by atoms with Crippen molar-refractivity contribution in [1.82, 2.24) is 4.90 Å². The van der Waals surface area contributed by atoms with Crippen molar-refractivity contribution in [2.75, 3.05) is 6.61 Å². The first kappa shape index (κ1) is 22.6. The van der Waals surface area contributed by atoms with Crippen LogP contribution in [0.3, 0.4) is 0 Å². The summed E-state index contributed by atoms with van der Waals surface area (Å²) in [5.74, 6) is -1.05. The smallest absolute Gasteiger partial charge is 0.295 e. The Bertz CT molecular complexity index is 1210. The third kappa shape index (κ3) is 4.78. The van der Waals surface area contributed by atoms with Gasteiger partial charge in [0.15, 0.2) is 0 Å². The second kappa shape index (κ2) is 9.92. The maximum atomic E-state index is 13.2. The second-order valence-electron chi connectivity index (χ2n) is 7.84. The van der Waals surface area contributed by atoms with Crippen LogP contribution in [0.25, 0.3) is 5.76 Å². The third-order valence-corrected chi connectivity index (χ3v) is 5.72. The zero-order chi connectivity index (χ0) is 23.4. The Morgan fingerprint density at radius 1 is 1.00 bits per heavy atom. The van der Waals surface area contributed by atoms with Gasteiger partial charge in [-0.15, -0.1) is 0 Å². The summed E-state index contributed by atoms with van der Waals surface area (Å²) in [5, 5.41) is 11.7. The molecule has 1 aliphatic rings. The van der Waals surface area contributed by atoms with Crippen LogP contribution in [0.4, 0.5) is 0 Å². The summed E-state index contributed by atoms with van der Waals surface area (Å²) in [6.07, 6.45) is 0.843. The van der Waals surface area contributed by atoms with Crippen molar-refractivity contribution in [2.24, 2.45) is 0 Å². The van der Waals surface area contributed by atoms with E-state index in [0.29, 0.717) is 28.5 Å². The van der Waals surface area contributed by atoms with Crippen molar-refractivity contribution < 1.29 is 19.4 Å². The van der Waals surface area contributed by atoms with Crippen LogP contribution in [0.15, 0.2) is 84.4 Å². The number of ether oxygens (including phenoxy) is 1. The van der Waals surface area contributed by atoms with Gasteiger partial charge in [0.1, 0.15) is 11.5 Å². The zero-order valence-electron chi connectivity index (χ0n) is 18.2. The molecule has 1 unspecified atom stereocenters. The van der Waals surface area contributed by atoms with Crippen molar-refractivity contribution in [3.63, 3.8) is 0 Å². The topological polar surface area (TPSA) is 66.8 Å². The fraction of sp³-hybridized carbons (Fsp3) is 0.185. The lowest BCUT2D eigenvalue weighted by Gasteiger charge is -2.25. The lowest BCUT2D eigenvalue weighted by Crippen LogP contribution is -2.29. The molecule has 6 heteroatoms. The molecule has 1 atom stereocenters. The number of nitrogens with zero attached hydrogens (tertiary/aromatic N) is 1. The normalized spacial score (nSPS) is 17.4.